The van der Waals surface area contributed by atoms with Gasteiger partial charge in [0, 0.05) is 12.8 Å². The molecule has 0 radical (unpaired) electrons. The number of aliphatic hydroxyl groups is 1. The molecule has 0 bridgehead atoms. The van der Waals surface area contributed by atoms with Gasteiger partial charge >= 0.3 is 6.09 Å². The van der Waals surface area contributed by atoms with Gasteiger partial charge in [-0.25, -0.2) is 13.2 Å². The maximum absolute atomic E-state index is 11.9. The minimum Gasteiger partial charge on any atom is -0.444 e. The largest absolute Gasteiger partial charge is 0.444 e. The van der Waals surface area contributed by atoms with Crippen LogP contribution < -0.4 is 5.32 Å². The number of nitrogens with one attached hydrogen (secondary N) is 1. The number of carbonyl (C=O) groups is 1. The number of sulfone groups is 1. The summed E-state index contributed by atoms with van der Waals surface area (Å²) in [5.74, 6) is -0.00967. The van der Waals surface area contributed by atoms with Gasteiger partial charge in [0.25, 0.3) is 0 Å². The molecule has 8 heteroatoms. The summed E-state index contributed by atoms with van der Waals surface area (Å²) in [6, 6.07) is 2.41. The Morgan fingerprint density at radius 3 is 2.48 bits per heavy atom. The number of hydrogen-bond donors (Lipinski definition) is 2. The summed E-state index contributed by atoms with van der Waals surface area (Å²) in [6.45, 7) is 6.64. The normalized spacial score (nSPS) is 13.4. The zero-order chi connectivity index (χ0) is 17.7. The molecule has 0 fully saturated rings. The molecule has 0 saturated carbocycles. The Bertz CT molecular complexity index is 620. The zero-order valence-electron chi connectivity index (χ0n) is 13.9. The van der Waals surface area contributed by atoms with Gasteiger partial charge in [-0.1, -0.05) is 6.92 Å². The van der Waals surface area contributed by atoms with Gasteiger partial charge in [-0.05, 0) is 39.3 Å². The van der Waals surface area contributed by atoms with E-state index in [1.807, 2.05) is 0 Å². The van der Waals surface area contributed by atoms with Crippen molar-refractivity contribution in [3.8, 4) is 0 Å². The molecule has 2 N–H and O–H groups in total. The molecule has 1 aromatic heterocycles. The van der Waals surface area contributed by atoms with Crippen molar-refractivity contribution in [2.45, 2.75) is 50.7 Å². The predicted molar refractivity (Wildman–Crippen MR) is 85.8 cm³/mol. The van der Waals surface area contributed by atoms with Crippen molar-refractivity contribution in [3.63, 3.8) is 0 Å². The fraction of sp³-hybridized carbons (Fsp3) is 0.600. The van der Waals surface area contributed by atoms with E-state index in [1.165, 1.54) is 18.3 Å². The zero-order valence-corrected chi connectivity index (χ0v) is 14.7. The molecule has 0 aliphatic carbocycles. The van der Waals surface area contributed by atoms with E-state index in [1.54, 1.807) is 27.7 Å². The number of pyridine rings is 1. The maximum Gasteiger partial charge on any atom is 0.408 e. The molecule has 0 aromatic carbocycles. The summed E-state index contributed by atoms with van der Waals surface area (Å²) in [7, 11) is -3.32. The Hall–Kier alpha value is -1.67. The maximum atomic E-state index is 11.9. The summed E-state index contributed by atoms with van der Waals surface area (Å²) < 4.78 is 28.7. The first kappa shape index (κ1) is 19.4. The molecule has 0 aliphatic heterocycles. The van der Waals surface area contributed by atoms with E-state index < -0.39 is 27.6 Å². The third kappa shape index (κ3) is 6.15. The third-order valence-corrected chi connectivity index (χ3v) is 4.68. The number of rotatable bonds is 6. The Balaban J connectivity index is 2.92. The van der Waals surface area contributed by atoms with Crippen LogP contribution in [-0.2, 0) is 14.6 Å². The fourth-order valence-electron chi connectivity index (χ4n) is 1.82. The third-order valence-electron chi connectivity index (χ3n) is 2.96. The number of amides is 1. The van der Waals surface area contributed by atoms with Crippen LogP contribution in [-0.4, -0.2) is 42.6 Å². The van der Waals surface area contributed by atoms with Gasteiger partial charge in [0.2, 0.25) is 0 Å². The molecule has 7 nitrogen and oxygen atoms in total. The second-order valence-electron chi connectivity index (χ2n) is 6.03. The van der Waals surface area contributed by atoms with E-state index in [4.69, 9.17) is 9.84 Å². The number of hydrogen-bond acceptors (Lipinski definition) is 6. The van der Waals surface area contributed by atoms with Crippen LogP contribution in [0.25, 0.3) is 0 Å². The van der Waals surface area contributed by atoms with Crippen LogP contribution in [0.2, 0.25) is 0 Å². The summed E-state index contributed by atoms with van der Waals surface area (Å²) in [5, 5.41) is 11.8. The van der Waals surface area contributed by atoms with Crippen LogP contribution >= 0.6 is 0 Å². The molecule has 130 valence electrons. The number of carbonyl (C=O) groups excluding carboxylic acids is 1. The molecule has 1 rings (SSSR count). The van der Waals surface area contributed by atoms with Gasteiger partial charge in [-0.2, -0.15) is 0 Å². The molecular weight excluding hydrogens is 320 g/mol. The highest BCUT2D eigenvalue weighted by Crippen LogP contribution is 2.18. The minimum atomic E-state index is -3.32. The van der Waals surface area contributed by atoms with Gasteiger partial charge < -0.3 is 15.2 Å². The topological polar surface area (TPSA) is 106 Å². The number of ether oxygens (including phenoxy) is 1. The second-order valence-corrected chi connectivity index (χ2v) is 8.31. The Morgan fingerprint density at radius 2 is 2.04 bits per heavy atom. The van der Waals surface area contributed by atoms with Crippen molar-refractivity contribution in [1.29, 1.82) is 0 Å². The van der Waals surface area contributed by atoms with Crippen LogP contribution in [0.5, 0.6) is 0 Å². The number of aromatic nitrogens is 1. The number of aliphatic hydroxyl groups excluding tert-OH is 1. The molecule has 23 heavy (non-hydrogen) atoms. The van der Waals surface area contributed by atoms with E-state index in [0.29, 0.717) is 5.69 Å². The van der Waals surface area contributed by atoms with E-state index in [9.17, 15) is 13.2 Å². The highest BCUT2D eigenvalue weighted by Gasteiger charge is 2.21. The van der Waals surface area contributed by atoms with Crippen LogP contribution in [0.3, 0.4) is 0 Å². The fourth-order valence-corrected chi connectivity index (χ4v) is 2.64. The van der Waals surface area contributed by atoms with Gasteiger partial charge in [-0.3, -0.25) is 4.98 Å². The SMILES string of the molecule is CCS(=O)(=O)c1ccc(C(CCO)NC(=O)OC(C)(C)C)nc1. The molecule has 1 aromatic rings. The molecular formula is C15H24N2O5S. The first-order valence-corrected chi connectivity index (χ1v) is 9.03. The average Bonchev–Trinajstić information content (AvgIpc) is 2.45. The summed E-state index contributed by atoms with van der Waals surface area (Å²) >= 11 is 0. The van der Waals surface area contributed by atoms with Crippen LogP contribution in [0.4, 0.5) is 4.79 Å². The van der Waals surface area contributed by atoms with Crippen molar-refractivity contribution >= 4 is 15.9 Å². The first-order valence-electron chi connectivity index (χ1n) is 7.38. The quantitative estimate of drug-likeness (QED) is 0.815. The highest BCUT2D eigenvalue weighted by atomic mass is 32.2. The molecule has 1 heterocycles. The van der Waals surface area contributed by atoms with Crippen molar-refractivity contribution in [2.75, 3.05) is 12.4 Å². The summed E-state index contributed by atoms with van der Waals surface area (Å²) in [4.78, 5) is 16.1. The van der Waals surface area contributed by atoms with Gasteiger partial charge in [-0.15, -0.1) is 0 Å². The smallest absolute Gasteiger partial charge is 0.408 e. The minimum absolute atomic E-state index is 0.00967. The van der Waals surface area contributed by atoms with E-state index in [0.717, 1.165) is 0 Å². The lowest BCUT2D eigenvalue weighted by atomic mass is 10.1. The standard InChI is InChI=1S/C15H24N2O5S/c1-5-23(20,21)11-6-7-12(16-10-11)13(8-9-18)17-14(19)22-15(2,3)4/h6-7,10,13,18H,5,8-9H2,1-4H3,(H,17,19). The van der Waals surface area contributed by atoms with Gasteiger partial charge in [0.05, 0.1) is 22.4 Å². The Kier molecular flexibility index (Phi) is 6.52. The van der Waals surface area contributed by atoms with Crippen molar-refractivity contribution < 1.29 is 23.1 Å². The molecule has 0 aliphatic rings. The average molecular weight is 344 g/mol. The lowest BCUT2D eigenvalue weighted by Gasteiger charge is -2.23. The molecule has 1 amide bonds. The second kappa shape index (κ2) is 7.74. The summed E-state index contributed by atoms with van der Waals surface area (Å²) in [5.41, 5.74) is -0.180. The predicted octanol–water partition coefficient (Wildman–Crippen LogP) is 1.82. The monoisotopic (exact) mass is 344 g/mol. The lowest BCUT2D eigenvalue weighted by Crippen LogP contribution is -2.35. The Labute approximate surface area is 137 Å². The van der Waals surface area contributed by atoms with Gasteiger partial charge in [0.1, 0.15) is 5.60 Å². The van der Waals surface area contributed by atoms with E-state index in [-0.39, 0.29) is 23.7 Å². The van der Waals surface area contributed by atoms with E-state index in [2.05, 4.69) is 10.3 Å². The highest BCUT2D eigenvalue weighted by molar-refractivity contribution is 7.91. The van der Waals surface area contributed by atoms with E-state index >= 15 is 0 Å². The van der Waals surface area contributed by atoms with Crippen LogP contribution in [0, 0.1) is 0 Å². The molecule has 1 atom stereocenters. The van der Waals surface area contributed by atoms with Crippen molar-refractivity contribution in [3.05, 3.63) is 24.0 Å². The van der Waals surface area contributed by atoms with Crippen LogP contribution in [0.1, 0.15) is 45.9 Å². The summed E-state index contributed by atoms with van der Waals surface area (Å²) in [6.07, 6.45) is 0.879. The Morgan fingerprint density at radius 1 is 1.39 bits per heavy atom. The molecule has 1 unspecified atom stereocenters. The van der Waals surface area contributed by atoms with Crippen molar-refractivity contribution in [1.82, 2.24) is 10.3 Å². The van der Waals surface area contributed by atoms with Crippen molar-refractivity contribution in [2.24, 2.45) is 0 Å². The van der Waals surface area contributed by atoms with Crippen LogP contribution in [0.15, 0.2) is 23.2 Å². The molecule has 0 saturated heterocycles. The van der Waals surface area contributed by atoms with Gasteiger partial charge in [0.15, 0.2) is 9.84 Å². The molecule has 0 spiro atoms. The number of nitrogens with zero attached hydrogens (tertiary/aromatic N) is 1. The number of alkyl carbamates (subject to hydrolysis) is 1. The lowest BCUT2D eigenvalue weighted by molar-refractivity contribution is 0.0495. The first-order chi connectivity index (χ1) is 10.6.